The van der Waals surface area contributed by atoms with E-state index >= 15 is 0 Å². The molecule has 3 aliphatic rings. The van der Waals surface area contributed by atoms with Crippen molar-refractivity contribution in [2.24, 2.45) is 17.8 Å². The van der Waals surface area contributed by atoms with Crippen molar-refractivity contribution in [1.82, 2.24) is 14.4 Å². The molecule has 1 aromatic carbocycles. The molecule has 146 valence electrons. The van der Waals surface area contributed by atoms with Crippen molar-refractivity contribution < 1.29 is 14.4 Å². The normalized spacial score (nSPS) is 24.7. The first kappa shape index (κ1) is 17.5. The quantitative estimate of drug-likeness (QED) is 0.765. The van der Waals surface area contributed by atoms with Crippen molar-refractivity contribution in [3.8, 4) is 0 Å². The number of rotatable bonds is 4. The van der Waals surface area contributed by atoms with Crippen LogP contribution in [0.1, 0.15) is 29.6 Å². The SMILES string of the molecule is CN1CC[C@@H]2CN(C(=O)Cn3cc(C(=O)C4CC4)c4ccccc43)C[C@@H]2C1=O. The summed E-state index contributed by atoms with van der Waals surface area (Å²) < 4.78 is 1.91. The van der Waals surface area contributed by atoms with Crippen molar-refractivity contribution in [2.75, 3.05) is 26.7 Å². The molecule has 1 aromatic heterocycles. The summed E-state index contributed by atoms with van der Waals surface area (Å²) in [5.41, 5.74) is 1.66. The summed E-state index contributed by atoms with van der Waals surface area (Å²) in [6, 6.07) is 7.80. The minimum absolute atomic E-state index is 0.0241. The number of fused-ring (bicyclic) bond motifs is 2. The molecule has 2 atom stereocenters. The maximum atomic E-state index is 13.0. The zero-order chi connectivity index (χ0) is 19.4. The molecule has 0 unspecified atom stereocenters. The van der Waals surface area contributed by atoms with E-state index in [1.165, 1.54) is 0 Å². The van der Waals surface area contributed by atoms with Gasteiger partial charge in [0.1, 0.15) is 6.54 Å². The molecule has 5 rings (SSSR count). The van der Waals surface area contributed by atoms with Crippen LogP contribution in [0.25, 0.3) is 10.9 Å². The van der Waals surface area contributed by atoms with Crippen LogP contribution in [-0.2, 0) is 16.1 Å². The molecule has 2 amide bonds. The van der Waals surface area contributed by atoms with E-state index < -0.39 is 0 Å². The van der Waals surface area contributed by atoms with Crippen LogP contribution in [0.4, 0.5) is 0 Å². The highest BCUT2D eigenvalue weighted by Crippen LogP contribution is 2.36. The number of hydrogen-bond donors (Lipinski definition) is 0. The molecule has 2 saturated heterocycles. The fraction of sp³-hybridized carbons (Fsp3) is 0.500. The first-order chi connectivity index (χ1) is 13.5. The molecule has 2 aromatic rings. The fourth-order valence-electron chi connectivity index (χ4n) is 4.79. The summed E-state index contributed by atoms with van der Waals surface area (Å²) >= 11 is 0. The molecule has 0 radical (unpaired) electrons. The highest BCUT2D eigenvalue weighted by atomic mass is 16.2. The van der Waals surface area contributed by atoms with E-state index in [0.29, 0.717) is 13.1 Å². The van der Waals surface area contributed by atoms with E-state index in [-0.39, 0.29) is 41.9 Å². The third-order valence-electron chi connectivity index (χ3n) is 6.63. The van der Waals surface area contributed by atoms with Crippen molar-refractivity contribution in [2.45, 2.75) is 25.8 Å². The van der Waals surface area contributed by atoms with Crippen LogP contribution in [0.3, 0.4) is 0 Å². The predicted molar refractivity (Wildman–Crippen MR) is 105 cm³/mol. The molecule has 0 spiro atoms. The minimum atomic E-state index is -0.0592. The Morgan fingerprint density at radius 3 is 2.68 bits per heavy atom. The van der Waals surface area contributed by atoms with Gasteiger partial charge in [0.15, 0.2) is 5.78 Å². The van der Waals surface area contributed by atoms with E-state index in [1.54, 1.807) is 4.90 Å². The molecule has 6 nitrogen and oxygen atoms in total. The number of carbonyl (C=O) groups is 3. The van der Waals surface area contributed by atoms with Crippen LogP contribution in [0.2, 0.25) is 0 Å². The van der Waals surface area contributed by atoms with E-state index in [4.69, 9.17) is 0 Å². The smallest absolute Gasteiger partial charge is 0.242 e. The van der Waals surface area contributed by atoms with Crippen LogP contribution in [0, 0.1) is 17.8 Å². The molecule has 1 saturated carbocycles. The van der Waals surface area contributed by atoms with Crippen molar-refractivity contribution >= 4 is 28.5 Å². The van der Waals surface area contributed by atoms with Gasteiger partial charge < -0.3 is 14.4 Å². The molecular weight excluding hydrogens is 354 g/mol. The average molecular weight is 379 g/mol. The summed E-state index contributed by atoms with van der Waals surface area (Å²) in [5.74, 6) is 0.756. The van der Waals surface area contributed by atoms with Crippen LogP contribution in [0.5, 0.6) is 0 Å². The number of carbonyl (C=O) groups excluding carboxylic acids is 3. The van der Waals surface area contributed by atoms with Gasteiger partial charge in [-0.15, -0.1) is 0 Å². The standard InChI is InChI=1S/C22H25N3O3/c1-23-9-8-15-10-25(11-17(15)22(23)28)20(26)13-24-12-18(21(27)14-6-7-14)16-4-2-3-5-19(16)24/h2-5,12,14-15,17H,6-11,13H2,1H3/t15-,17+/m1/s1. The minimum Gasteiger partial charge on any atom is -0.345 e. The molecular formula is C22H25N3O3. The summed E-state index contributed by atoms with van der Waals surface area (Å²) in [4.78, 5) is 41.7. The van der Waals surface area contributed by atoms with Gasteiger partial charge in [0.05, 0.1) is 5.92 Å². The fourth-order valence-corrected chi connectivity index (χ4v) is 4.79. The van der Waals surface area contributed by atoms with Gasteiger partial charge in [0, 0.05) is 55.3 Å². The van der Waals surface area contributed by atoms with Gasteiger partial charge in [-0.1, -0.05) is 18.2 Å². The number of para-hydroxylation sites is 1. The number of nitrogens with zero attached hydrogens (tertiary/aromatic N) is 3. The third-order valence-corrected chi connectivity index (χ3v) is 6.63. The Bertz CT molecular complexity index is 975. The number of Topliss-reactive ketones (excluding diaryl/α,β-unsaturated/α-hetero) is 1. The van der Waals surface area contributed by atoms with Crippen LogP contribution < -0.4 is 0 Å². The molecule has 1 aliphatic carbocycles. The topological polar surface area (TPSA) is 62.6 Å². The largest absolute Gasteiger partial charge is 0.345 e. The first-order valence-corrected chi connectivity index (χ1v) is 10.2. The van der Waals surface area contributed by atoms with E-state index in [2.05, 4.69) is 0 Å². The van der Waals surface area contributed by atoms with Gasteiger partial charge in [0.25, 0.3) is 0 Å². The van der Waals surface area contributed by atoms with Crippen molar-refractivity contribution in [3.05, 3.63) is 36.0 Å². The number of amides is 2. The van der Waals surface area contributed by atoms with Gasteiger partial charge in [-0.05, 0) is 31.2 Å². The van der Waals surface area contributed by atoms with Gasteiger partial charge in [-0.3, -0.25) is 14.4 Å². The predicted octanol–water partition coefficient (Wildman–Crippen LogP) is 2.17. The van der Waals surface area contributed by atoms with E-state index in [9.17, 15) is 14.4 Å². The second kappa shape index (κ2) is 6.47. The molecule has 28 heavy (non-hydrogen) atoms. The van der Waals surface area contributed by atoms with Gasteiger partial charge in [-0.25, -0.2) is 0 Å². The van der Waals surface area contributed by atoms with Gasteiger partial charge >= 0.3 is 0 Å². The lowest BCUT2D eigenvalue weighted by molar-refractivity contribution is -0.138. The monoisotopic (exact) mass is 379 g/mol. The lowest BCUT2D eigenvalue weighted by Crippen LogP contribution is -2.42. The van der Waals surface area contributed by atoms with Crippen molar-refractivity contribution in [1.29, 1.82) is 0 Å². The number of piperidine rings is 1. The third kappa shape index (κ3) is 2.82. The van der Waals surface area contributed by atoms with Crippen LogP contribution in [-0.4, -0.2) is 58.6 Å². The maximum Gasteiger partial charge on any atom is 0.242 e. The molecule has 3 heterocycles. The molecule has 2 aliphatic heterocycles. The Morgan fingerprint density at radius 1 is 1.11 bits per heavy atom. The van der Waals surface area contributed by atoms with E-state index in [1.807, 2.05) is 47.0 Å². The van der Waals surface area contributed by atoms with Crippen LogP contribution >= 0.6 is 0 Å². The Kier molecular flexibility index (Phi) is 4.03. The Labute approximate surface area is 164 Å². The number of ketones is 1. The van der Waals surface area contributed by atoms with Gasteiger partial charge in [0.2, 0.25) is 11.8 Å². The number of benzene rings is 1. The molecule has 6 heteroatoms. The molecule has 0 bridgehead atoms. The highest BCUT2D eigenvalue weighted by molar-refractivity contribution is 6.10. The number of likely N-dealkylation sites (tertiary alicyclic amines) is 2. The second-order valence-electron chi connectivity index (χ2n) is 8.54. The Hall–Kier alpha value is -2.63. The number of hydrogen-bond acceptors (Lipinski definition) is 3. The summed E-state index contributed by atoms with van der Waals surface area (Å²) in [6.07, 6.45) is 4.75. The first-order valence-electron chi connectivity index (χ1n) is 10.2. The summed E-state index contributed by atoms with van der Waals surface area (Å²) in [6.45, 7) is 2.16. The van der Waals surface area contributed by atoms with Crippen molar-refractivity contribution in [3.63, 3.8) is 0 Å². The zero-order valence-electron chi connectivity index (χ0n) is 16.1. The Morgan fingerprint density at radius 2 is 1.89 bits per heavy atom. The number of aromatic nitrogens is 1. The highest BCUT2D eigenvalue weighted by Gasteiger charge is 2.43. The average Bonchev–Trinajstić information content (AvgIpc) is 3.36. The van der Waals surface area contributed by atoms with E-state index in [0.717, 1.165) is 42.3 Å². The summed E-state index contributed by atoms with van der Waals surface area (Å²) in [7, 11) is 1.84. The van der Waals surface area contributed by atoms with Gasteiger partial charge in [-0.2, -0.15) is 0 Å². The Balaban J connectivity index is 1.38. The summed E-state index contributed by atoms with van der Waals surface area (Å²) in [5, 5.41) is 0.930. The zero-order valence-corrected chi connectivity index (χ0v) is 16.1. The second-order valence-corrected chi connectivity index (χ2v) is 8.54. The maximum absolute atomic E-state index is 13.0. The van der Waals surface area contributed by atoms with Crippen LogP contribution in [0.15, 0.2) is 30.5 Å². The molecule has 3 fully saturated rings. The lowest BCUT2D eigenvalue weighted by Gasteiger charge is -2.30. The molecule has 0 N–H and O–H groups in total. The lowest BCUT2D eigenvalue weighted by atomic mass is 9.88.